The van der Waals surface area contributed by atoms with E-state index in [4.69, 9.17) is 11.5 Å². The Bertz CT molecular complexity index is 692. The smallest absolute Gasteiger partial charge is 0.256 e. The summed E-state index contributed by atoms with van der Waals surface area (Å²) in [5.41, 5.74) is 13.1. The van der Waals surface area contributed by atoms with Gasteiger partial charge in [0.25, 0.3) is 5.91 Å². The van der Waals surface area contributed by atoms with Crippen LogP contribution in [0.1, 0.15) is 23.2 Å². The van der Waals surface area contributed by atoms with Crippen LogP contribution in [0.15, 0.2) is 24.4 Å². The molecule has 1 fully saturated rings. The Morgan fingerprint density at radius 3 is 2.90 bits per heavy atom. The second-order valence-electron chi connectivity index (χ2n) is 5.07. The van der Waals surface area contributed by atoms with Crippen LogP contribution in [-0.2, 0) is 4.79 Å². The molecule has 1 aromatic heterocycles. The fraction of sp³-hybridized carbons (Fsp3) is 0.286. The largest absolute Gasteiger partial charge is 0.399 e. The van der Waals surface area contributed by atoms with Crippen LogP contribution in [0.4, 0.5) is 5.69 Å². The van der Waals surface area contributed by atoms with Crippen LogP contribution in [0, 0.1) is 0 Å². The molecule has 0 radical (unpaired) electrons. The number of benzene rings is 1. The lowest BCUT2D eigenvalue weighted by atomic mass is 10.1. The number of hydrogen-bond donors (Lipinski definition) is 3. The number of aromatic amines is 1. The highest BCUT2D eigenvalue weighted by atomic mass is 16.2. The number of carbonyl (C=O) groups is 2. The summed E-state index contributed by atoms with van der Waals surface area (Å²) in [7, 11) is 0. The number of likely N-dealkylation sites (tertiary alicyclic amines) is 1. The minimum absolute atomic E-state index is 0.165. The van der Waals surface area contributed by atoms with Gasteiger partial charge in [-0.15, -0.1) is 0 Å². The van der Waals surface area contributed by atoms with E-state index in [1.54, 1.807) is 23.2 Å². The molecule has 3 rings (SSSR count). The highest BCUT2D eigenvalue weighted by Crippen LogP contribution is 2.25. The first-order valence-electron chi connectivity index (χ1n) is 6.55. The normalized spacial score (nSPS) is 18.6. The van der Waals surface area contributed by atoms with Crippen molar-refractivity contribution in [1.82, 2.24) is 9.88 Å². The molecule has 1 saturated heterocycles. The molecule has 1 aliphatic rings. The van der Waals surface area contributed by atoms with E-state index >= 15 is 0 Å². The lowest BCUT2D eigenvalue weighted by Crippen LogP contribution is -2.43. The average molecular weight is 272 g/mol. The maximum atomic E-state index is 12.6. The molecule has 1 aliphatic heterocycles. The minimum Gasteiger partial charge on any atom is -0.399 e. The number of amides is 2. The topological polar surface area (TPSA) is 105 Å². The monoisotopic (exact) mass is 272 g/mol. The van der Waals surface area contributed by atoms with Crippen LogP contribution in [-0.4, -0.2) is 34.3 Å². The highest BCUT2D eigenvalue weighted by molar-refractivity contribution is 6.08. The predicted molar refractivity (Wildman–Crippen MR) is 76.0 cm³/mol. The van der Waals surface area contributed by atoms with E-state index in [1.807, 2.05) is 6.07 Å². The second-order valence-corrected chi connectivity index (χ2v) is 5.07. The summed E-state index contributed by atoms with van der Waals surface area (Å²) in [5, 5.41) is 0.805. The number of H-pyrrole nitrogens is 1. The van der Waals surface area contributed by atoms with Gasteiger partial charge in [-0.2, -0.15) is 0 Å². The maximum Gasteiger partial charge on any atom is 0.256 e. The Balaban J connectivity index is 1.98. The Morgan fingerprint density at radius 2 is 2.15 bits per heavy atom. The van der Waals surface area contributed by atoms with Gasteiger partial charge in [-0.05, 0) is 31.0 Å². The number of carbonyl (C=O) groups excluding carboxylic acids is 2. The van der Waals surface area contributed by atoms with Crippen molar-refractivity contribution in [3.63, 3.8) is 0 Å². The van der Waals surface area contributed by atoms with Gasteiger partial charge in [-0.3, -0.25) is 9.59 Å². The van der Waals surface area contributed by atoms with Crippen molar-refractivity contribution in [3.05, 3.63) is 30.0 Å². The van der Waals surface area contributed by atoms with Gasteiger partial charge in [0.2, 0.25) is 5.91 Å². The van der Waals surface area contributed by atoms with E-state index in [0.717, 1.165) is 17.3 Å². The highest BCUT2D eigenvalue weighted by Gasteiger charge is 2.33. The molecule has 6 nitrogen and oxygen atoms in total. The zero-order chi connectivity index (χ0) is 14.3. The second kappa shape index (κ2) is 4.56. The first-order valence-corrected chi connectivity index (χ1v) is 6.55. The molecule has 0 spiro atoms. The van der Waals surface area contributed by atoms with Crippen LogP contribution >= 0.6 is 0 Å². The maximum absolute atomic E-state index is 12.6. The Labute approximate surface area is 115 Å². The van der Waals surface area contributed by atoms with E-state index in [0.29, 0.717) is 24.2 Å². The van der Waals surface area contributed by atoms with Crippen LogP contribution in [0.3, 0.4) is 0 Å². The summed E-state index contributed by atoms with van der Waals surface area (Å²) in [6, 6.07) is 4.84. The summed E-state index contributed by atoms with van der Waals surface area (Å²) in [5.74, 6) is -0.609. The zero-order valence-corrected chi connectivity index (χ0v) is 10.9. The first-order chi connectivity index (χ1) is 9.58. The number of nitrogens with one attached hydrogen (secondary N) is 1. The number of hydrogen-bond acceptors (Lipinski definition) is 3. The molecular formula is C14H16N4O2. The summed E-state index contributed by atoms with van der Waals surface area (Å²) in [6.45, 7) is 0.564. The predicted octanol–water partition coefficient (Wildman–Crippen LogP) is 0.840. The number of nitrogens with zero attached hydrogens (tertiary/aromatic N) is 1. The molecule has 5 N–H and O–H groups in total. The number of aromatic nitrogens is 1. The number of nitrogens with two attached hydrogens (primary N) is 2. The molecule has 2 aromatic rings. The number of anilines is 1. The van der Waals surface area contributed by atoms with Gasteiger partial charge in [0.1, 0.15) is 6.04 Å². The van der Waals surface area contributed by atoms with Crippen molar-refractivity contribution >= 4 is 28.4 Å². The molecule has 2 heterocycles. The van der Waals surface area contributed by atoms with Crippen LogP contribution < -0.4 is 11.5 Å². The fourth-order valence-corrected chi connectivity index (χ4v) is 2.78. The van der Waals surface area contributed by atoms with Crippen LogP contribution in [0.5, 0.6) is 0 Å². The van der Waals surface area contributed by atoms with E-state index in [9.17, 15) is 9.59 Å². The quantitative estimate of drug-likeness (QED) is 0.705. The summed E-state index contributed by atoms with van der Waals surface area (Å²) in [6.07, 6.45) is 3.09. The zero-order valence-electron chi connectivity index (χ0n) is 10.9. The Kier molecular flexibility index (Phi) is 2.85. The summed E-state index contributed by atoms with van der Waals surface area (Å²) in [4.78, 5) is 28.6. The number of nitrogen functional groups attached to an aromatic ring is 1. The molecule has 104 valence electrons. The van der Waals surface area contributed by atoms with E-state index in [1.165, 1.54) is 0 Å². The van der Waals surface area contributed by atoms with E-state index < -0.39 is 11.9 Å². The van der Waals surface area contributed by atoms with Gasteiger partial charge in [0.05, 0.1) is 5.56 Å². The van der Waals surface area contributed by atoms with Gasteiger partial charge >= 0.3 is 0 Å². The molecular weight excluding hydrogens is 256 g/mol. The molecule has 1 unspecified atom stereocenters. The third kappa shape index (κ3) is 1.89. The summed E-state index contributed by atoms with van der Waals surface area (Å²) >= 11 is 0. The third-order valence-electron chi connectivity index (χ3n) is 3.78. The van der Waals surface area contributed by atoms with Crippen molar-refractivity contribution in [2.24, 2.45) is 5.73 Å². The fourth-order valence-electron chi connectivity index (χ4n) is 2.78. The van der Waals surface area contributed by atoms with Crippen molar-refractivity contribution in [1.29, 1.82) is 0 Å². The van der Waals surface area contributed by atoms with Crippen molar-refractivity contribution in [2.45, 2.75) is 18.9 Å². The Hall–Kier alpha value is -2.50. The SMILES string of the molecule is NC(=O)C1CCCN1C(=O)c1c[nH]c2cc(N)ccc12. The van der Waals surface area contributed by atoms with E-state index in [-0.39, 0.29) is 5.91 Å². The molecule has 0 aliphatic carbocycles. The van der Waals surface area contributed by atoms with Gasteiger partial charge in [0.15, 0.2) is 0 Å². The van der Waals surface area contributed by atoms with E-state index in [2.05, 4.69) is 4.98 Å². The first kappa shape index (κ1) is 12.5. The standard InChI is InChI=1S/C14H16N4O2/c15-8-3-4-9-10(7-17-11(9)6-8)14(20)18-5-1-2-12(18)13(16)19/h3-4,6-7,12,17H,1-2,5,15H2,(H2,16,19). The third-order valence-corrected chi connectivity index (χ3v) is 3.78. The molecule has 20 heavy (non-hydrogen) atoms. The molecule has 1 atom stereocenters. The summed E-state index contributed by atoms with van der Waals surface area (Å²) < 4.78 is 0. The number of primary amides is 1. The molecule has 0 bridgehead atoms. The van der Waals surface area contributed by atoms with Gasteiger partial charge < -0.3 is 21.4 Å². The molecule has 2 amide bonds. The average Bonchev–Trinajstić information content (AvgIpc) is 3.03. The molecule has 6 heteroatoms. The van der Waals surface area contributed by atoms with Gasteiger partial charge in [-0.1, -0.05) is 0 Å². The Morgan fingerprint density at radius 1 is 1.35 bits per heavy atom. The van der Waals surface area contributed by atoms with Gasteiger partial charge in [-0.25, -0.2) is 0 Å². The number of rotatable bonds is 2. The molecule has 0 saturated carbocycles. The molecule has 1 aromatic carbocycles. The van der Waals surface area contributed by atoms with Crippen molar-refractivity contribution < 1.29 is 9.59 Å². The van der Waals surface area contributed by atoms with Crippen LogP contribution in [0.2, 0.25) is 0 Å². The van der Waals surface area contributed by atoms with Gasteiger partial charge in [0, 0.05) is 29.3 Å². The minimum atomic E-state index is -0.499. The number of fused-ring (bicyclic) bond motifs is 1. The lowest BCUT2D eigenvalue weighted by molar-refractivity contribution is -0.121. The van der Waals surface area contributed by atoms with Crippen molar-refractivity contribution in [3.8, 4) is 0 Å². The van der Waals surface area contributed by atoms with Crippen molar-refractivity contribution in [2.75, 3.05) is 12.3 Å². The lowest BCUT2D eigenvalue weighted by Gasteiger charge is -2.21. The van der Waals surface area contributed by atoms with Crippen LogP contribution in [0.25, 0.3) is 10.9 Å².